The normalized spacial score (nSPS) is 11.2. The molecule has 0 fully saturated rings. The van der Waals surface area contributed by atoms with Gasteiger partial charge in [0.05, 0.1) is 5.58 Å². The number of pyridine rings is 1. The van der Waals surface area contributed by atoms with Gasteiger partial charge < -0.3 is 14.0 Å². The maximum atomic E-state index is 13.8. The quantitative estimate of drug-likeness (QED) is 0.125. The van der Waals surface area contributed by atoms with Crippen molar-refractivity contribution in [2.75, 3.05) is 0 Å². The molecule has 7 aromatic rings. The minimum absolute atomic E-state index is 0. The van der Waals surface area contributed by atoms with Crippen molar-refractivity contribution in [3.05, 3.63) is 157 Å². The fourth-order valence-corrected chi connectivity index (χ4v) is 8.10. The van der Waals surface area contributed by atoms with Crippen LogP contribution in [-0.2, 0) is 31.1 Å². The molecule has 0 aliphatic carbocycles. The molecular formula is C40H34IrNO2P-2. The monoisotopic (exact) mass is 784 g/mol. The number of nitrogens with zero attached hydrogens (tertiary/aromatic N) is 1. The van der Waals surface area contributed by atoms with Crippen LogP contribution in [0, 0.1) is 25.0 Å². The van der Waals surface area contributed by atoms with Crippen LogP contribution in [0.4, 0.5) is 0 Å². The first-order valence-electron chi connectivity index (χ1n) is 14.9. The van der Waals surface area contributed by atoms with Gasteiger partial charge in [-0.1, -0.05) is 121 Å². The van der Waals surface area contributed by atoms with Crippen LogP contribution in [0.2, 0.25) is 0 Å². The molecular weight excluding hydrogens is 750 g/mol. The molecule has 0 aliphatic heterocycles. The molecule has 0 atom stereocenters. The van der Waals surface area contributed by atoms with Crippen molar-refractivity contribution in [3.63, 3.8) is 0 Å². The molecule has 45 heavy (non-hydrogen) atoms. The number of hydrogen-bond donors (Lipinski definition) is 0. The topological polar surface area (TPSA) is 43.1 Å². The van der Waals surface area contributed by atoms with E-state index in [1.807, 2.05) is 110 Å². The molecule has 7 rings (SSSR count). The Morgan fingerprint density at radius 1 is 0.711 bits per heavy atom. The zero-order valence-corrected chi connectivity index (χ0v) is 28.8. The zero-order chi connectivity index (χ0) is 30.5. The van der Waals surface area contributed by atoms with Crippen molar-refractivity contribution in [2.24, 2.45) is 5.92 Å². The second kappa shape index (κ2) is 14.4. The summed E-state index contributed by atoms with van der Waals surface area (Å²) in [6, 6.07) is 47.8. The number of rotatable bonds is 6. The van der Waals surface area contributed by atoms with Crippen LogP contribution in [-0.4, -0.2) is 4.98 Å². The van der Waals surface area contributed by atoms with Gasteiger partial charge in [-0.15, -0.1) is 18.2 Å². The molecule has 0 unspecified atom stereocenters. The maximum Gasteiger partial charge on any atom is 0.147 e. The van der Waals surface area contributed by atoms with Gasteiger partial charge in [0.1, 0.15) is 12.7 Å². The van der Waals surface area contributed by atoms with E-state index in [9.17, 15) is 4.57 Å². The number of aromatic nitrogens is 1. The van der Waals surface area contributed by atoms with Crippen molar-refractivity contribution >= 4 is 45.0 Å². The molecule has 0 aliphatic rings. The molecule has 0 saturated carbocycles. The van der Waals surface area contributed by atoms with Crippen LogP contribution < -0.4 is 15.9 Å². The second-order valence-electron chi connectivity index (χ2n) is 11.3. The van der Waals surface area contributed by atoms with Crippen LogP contribution in [0.5, 0.6) is 0 Å². The molecule has 5 aromatic carbocycles. The minimum Gasteiger partial charge on any atom is -0.500 e. The summed E-state index contributed by atoms with van der Waals surface area (Å²) < 4.78 is 20.1. The minimum atomic E-state index is -2.83. The van der Waals surface area contributed by atoms with E-state index in [2.05, 4.69) is 61.3 Å². The molecule has 227 valence electrons. The Bertz CT molecular complexity index is 1930. The first kappa shape index (κ1) is 32.3. The molecule has 0 saturated heterocycles. The summed E-state index contributed by atoms with van der Waals surface area (Å²) in [5.74, 6) is 0.591. The second-order valence-corrected chi connectivity index (χ2v) is 14.1. The number of para-hydroxylation sites is 1. The van der Waals surface area contributed by atoms with E-state index in [0.717, 1.165) is 55.7 Å². The van der Waals surface area contributed by atoms with Gasteiger partial charge in [0, 0.05) is 42.3 Å². The molecule has 3 nitrogen and oxygen atoms in total. The summed E-state index contributed by atoms with van der Waals surface area (Å²) in [5.41, 5.74) is 6.11. The number of fused-ring (bicyclic) bond motifs is 3. The average molecular weight is 784 g/mol. The van der Waals surface area contributed by atoms with E-state index in [1.54, 1.807) is 0 Å². The molecule has 2 heterocycles. The number of benzene rings is 5. The summed E-state index contributed by atoms with van der Waals surface area (Å²) >= 11 is 0. The van der Waals surface area contributed by atoms with Gasteiger partial charge in [0.2, 0.25) is 0 Å². The number of hydrogen-bond acceptors (Lipinski definition) is 3. The average Bonchev–Trinajstić information content (AvgIpc) is 3.46. The van der Waals surface area contributed by atoms with Gasteiger partial charge in [-0.25, -0.2) is 0 Å². The Morgan fingerprint density at radius 2 is 1.38 bits per heavy atom. The van der Waals surface area contributed by atoms with Crippen LogP contribution in [0.25, 0.3) is 33.2 Å². The molecule has 0 spiro atoms. The summed E-state index contributed by atoms with van der Waals surface area (Å²) in [6.45, 7) is 6.51. The molecule has 0 N–H and O–H groups in total. The Morgan fingerprint density at radius 3 is 1.98 bits per heavy atom. The van der Waals surface area contributed by atoms with E-state index in [0.29, 0.717) is 5.92 Å². The number of furan rings is 1. The molecule has 0 amide bonds. The van der Waals surface area contributed by atoms with Crippen LogP contribution in [0.3, 0.4) is 0 Å². The first-order chi connectivity index (χ1) is 21.4. The van der Waals surface area contributed by atoms with Crippen LogP contribution in [0.1, 0.15) is 25.0 Å². The van der Waals surface area contributed by atoms with Gasteiger partial charge in [-0.2, -0.15) is 30.3 Å². The first-order valence-corrected chi connectivity index (χ1v) is 16.6. The molecule has 0 bridgehead atoms. The van der Waals surface area contributed by atoms with Gasteiger partial charge in [-0.3, -0.25) is 0 Å². The van der Waals surface area contributed by atoms with Crippen LogP contribution >= 0.6 is 7.14 Å². The molecule has 5 heteroatoms. The zero-order valence-electron chi connectivity index (χ0n) is 25.5. The summed E-state index contributed by atoms with van der Waals surface area (Å²) in [6.07, 6.45) is 2.90. The predicted octanol–water partition coefficient (Wildman–Crippen LogP) is 9.08. The van der Waals surface area contributed by atoms with E-state index >= 15 is 0 Å². The third-order valence-electron chi connectivity index (χ3n) is 7.61. The van der Waals surface area contributed by atoms with Crippen LogP contribution in [0.15, 0.2) is 138 Å². The summed E-state index contributed by atoms with van der Waals surface area (Å²) in [4.78, 5) is 4.55. The van der Waals surface area contributed by atoms with Gasteiger partial charge in [0.15, 0.2) is 0 Å². The third-order valence-corrected chi connectivity index (χ3v) is 10.6. The van der Waals surface area contributed by atoms with Crippen molar-refractivity contribution in [1.29, 1.82) is 0 Å². The number of aryl methyl sites for hydroxylation is 1. The summed E-state index contributed by atoms with van der Waals surface area (Å²) in [7, 11) is -2.83. The summed E-state index contributed by atoms with van der Waals surface area (Å²) in [5, 5.41) is 4.73. The smallest absolute Gasteiger partial charge is 0.147 e. The standard InChI is InChI=1S/C22H20NO.C18H14OP.Ir/c1-14(2)12-16-6-4-7-17-18-8-5-9-19(22(18)24-21(16)17)20-11-10-15(3)13-23-20;19-20(16-10-4-1-5-11-16,17-12-6-2-7-13-17)18-14-8-3-9-15-18;/h4-8,10-11,13-14H,12H2,1-3H3;1-14H;/q2*-1;. The van der Waals surface area contributed by atoms with Crippen molar-refractivity contribution in [2.45, 2.75) is 27.2 Å². The van der Waals surface area contributed by atoms with Gasteiger partial charge in [-0.05, 0) is 36.1 Å². The third kappa shape index (κ3) is 6.80. The van der Waals surface area contributed by atoms with Crippen molar-refractivity contribution < 1.29 is 29.1 Å². The van der Waals surface area contributed by atoms with Crippen molar-refractivity contribution in [3.8, 4) is 11.3 Å². The van der Waals surface area contributed by atoms with Gasteiger partial charge >= 0.3 is 0 Å². The van der Waals surface area contributed by atoms with E-state index in [1.165, 1.54) is 10.9 Å². The van der Waals surface area contributed by atoms with Gasteiger partial charge in [0.25, 0.3) is 0 Å². The molecule has 2 aromatic heterocycles. The Hall–Kier alpha value is -4.07. The SMILES string of the molecule is Cc1ccc(-c2[c-]ccc3c2oc2c(CC(C)C)cccc23)nc1.O=P(c1[c-]cccc1)(c1ccccc1)c1ccccc1.[Ir]. The fourth-order valence-electron chi connectivity index (χ4n) is 5.51. The largest absolute Gasteiger partial charge is 0.500 e. The van der Waals surface area contributed by atoms with E-state index in [-0.39, 0.29) is 20.1 Å². The predicted molar refractivity (Wildman–Crippen MR) is 184 cm³/mol. The molecule has 1 radical (unpaired) electrons. The maximum absolute atomic E-state index is 13.8. The Labute approximate surface area is 279 Å². The van der Waals surface area contributed by atoms with E-state index < -0.39 is 7.14 Å². The Balaban J connectivity index is 0.000000177. The van der Waals surface area contributed by atoms with E-state index in [4.69, 9.17) is 4.42 Å². The Kier molecular flexibility index (Phi) is 10.3. The fraction of sp³-hybridized carbons (Fsp3) is 0.125. The van der Waals surface area contributed by atoms with Crippen molar-refractivity contribution in [1.82, 2.24) is 4.98 Å².